The van der Waals surface area contributed by atoms with Crippen molar-refractivity contribution in [1.82, 2.24) is 5.32 Å². The van der Waals surface area contributed by atoms with Crippen LogP contribution in [-0.4, -0.2) is 46.1 Å². The summed E-state index contributed by atoms with van der Waals surface area (Å²) in [6.07, 6.45) is 0.545. The Balaban J connectivity index is 4.44. The van der Waals surface area contributed by atoms with E-state index in [4.69, 9.17) is 21.2 Å². The van der Waals surface area contributed by atoms with Gasteiger partial charge in [-0.15, -0.1) is 0 Å². The van der Waals surface area contributed by atoms with E-state index in [1.165, 1.54) is 0 Å². The maximum atomic E-state index is 9.11. The van der Waals surface area contributed by atoms with Crippen LogP contribution >= 0.6 is 0 Å². The second-order valence-electron chi connectivity index (χ2n) is 3.34. The first-order valence-corrected chi connectivity index (χ1v) is 4.52. The average Bonchev–Trinajstić information content (AvgIpc) is 2.24. The second-order valence-corrected chi connectivity index (χ2v) is 3.34. The van der Waals surface area contributed by atoms with Crippen molar-refractivity contribution in [2.45, 2.75) is 31.8 Å². The van der Waals surface area contributed by atoms with Crippen molar-refractivity contribution in [3.8, 4) is 0 Å². The number of nitrogens with one attached hydrogen (secondary N) is 1. The molecular formula is C8H19N3O3. The zero-order valence-electron chi connectivity index (χ0n) is 8.56. The molecule has 0 heterocycles. The Kier molecular flexibility index (Phi) is 5.44. The molecule has 0 aromatic heterocycles. The highest BCUT2D eigenvalue weighted by Crippen LogP contribution is 2.09. The molecular weight excluding hydrogens is 186 g/mol. The van der Waals surface area contributed by atoms with E-state index in [1.54, 1.807) is 6.92 Å². The molecule has 0 bridgehead atoms. The van der Waals surface area contributed by atoms with Crippen molar-refractivity contribution < 1.29 is 15.4 Å². The van der Waals surface area contributed by atoms with E-state index in [9.17, 15) is 0 Å². The first kappa shape index (κ1) is 13.2. The number of nitrogens with zero attached hydrogens (tertiary/aromatic N) is 1. The van der Waals surface area contributed by atoms with Crippen molar-refractivity contribution >= 4 is 5.84 Å². The summed E-state index contributed by atoms with van der Waals surface area (Å²) >= 11 is 0. The zero-order chi connectivity index (χ0) is 11.2. The van der Waals surface area contributed by atoms with E-state index < -0.39 is 11.6 Å². The molecule has 14 heavy (non-hydrogen) atoms. The summed E-state index contributed by atoms with van der Waals surface area (Å²) < 4.78 is 0. The standard InChI is InChI=1S/C8H19N3O3/c1-3-8(4-12,5-13)10-6(2)7(9)11-14/h6,10,12-14H,3-5H2,1-2H3,(H2,9,11). The third-order valence-electron chi connectivity index (χ3n) is 2.36. The Morgan fingerprint density at radius 2 is 2.00 bits per heavy atom. The molecule has 0 aliphatic rings. The van der Waals surface area contributed by atoms with Crippen LogP contribution < -0.4 is 11.1 Å². The minimum Gasteiger partial charge on any atom is -0.409 e. The normalized spacial score (nSPS) is 15.6. The molecule has 84 valence electrons. The van der Waals surface area contributed by atoms with E-state index in [-0.39, 0.29) is 19.0 Å². The predicted molar refractivity (Wildman–Crippen MR) is 53.2 cm³/mol. The third kappa shape index (κ3) is 3.13. The quantitative estimate of drug-likeness (QED) is 0.163. The summed E-state index contributed by atoms with van der Waals surface area (Å²) in [5, 5.41) is 32.4. The first-order chi connectivity index (χ1) is 6.55. The fourth-order valence-corrected chi connectivity index (χ4v) is 1.09. The van der Waals surface area contributed by atoms with Gasteiger partial charge in [-0.25, -0.2) is 0 Å². The molecule has 6 N–H and O–H groups in total. The monoisotopic (exact) mass is 205 g/mol. The number of hydrogen-bond acceptors (Lipinski definition) is 5. The lowest BCUT2D eigenvalue weighted by atomic mass is 9.97. The summed E-state index contributed by atoms with van der Waals surface area (Å²) in [6.45, 7) is 3.11. The molecule has 1 unspecified atom stereocenters. The molecule has 6 nitrogen and oxygen atoms in total. The van der Waals surface area contributed by atoms with Crippen molar-refractivity contribution in [2.75, 3.05) is 13.2 Å². The molecule has 0 aromatic rings. The molecule has 0 spiro atoms. The van der Waals surface area contributed by atoms with Gasteiger partial charge in [-0.05, 0) is 13.3 Å². The van der Waals surface area contributed by atoms with Crippen molar-refractivity contribution in [3.63, 3.8) is 0 Å². The van der Waals surface area contributed by atoms with Crippen LogP contribution in [0.5, 0.6) is 0 Å². The van der Waals surface area contributed by atoms with Gasteiger partial charge in [-0.3, -0.25) is 5.32 Å². The van der Waals surface area contributed by atoms with Crippen LogP contribution in [0.1, 0.15) is 20.3 Å². The number of amidine groups is 1. The molecule has 0 radical (unpaired) electrons. The number of nitrogens with two attached hydrogens (primary N) is 1. The first-order valence-electron chi connectivity index (χ1n) is 4.52. The number of rotatable bonds is 6. The summed E-state index contributed by atoms with van der Waals surface area (Å²) in [4.78, 5) is 0. The fourth-order valence-electron chi connectivity index (χ4n) is 1.09. The molecule has 0 saturated carbocycles. The highest BCUT2D eigenvalue weighted by Gasteiger charge is 2.28. The number of oxime groups is 1. The Hall–Kier alpha value is -0.850. The number of aliphatic hydroxyl groups is 2. The van der Waals surface area contributed by atoms with E-state index in [2.05, 4.69) is 10.5 Å². The number of aliphatic hydroxyl groups excluding tert-OH is 2. The minimum atomic E-state index is -0.783. The van der Waals surface area contributed by atoms with Gasteiger partial charge in [0.15, 0.2) is 5.84 Å². The molecule has 0 saturated heterocycles. The van der Waals surface area contributed by atoms with E-state index in [0.717, 1.165) is 0 Å². The van der Waals surface area contributed by atoms with Crippen LogP contribution in [-0.2, 0) is 0 Å². The van der Waals surface area contributed by atoms with Gasteiger partial charge in [0.25, 0.3) is 0 Å². The van der Waals surface area contributed by atoms with Crippen molar-refractivity contribution in [2.24, 2.45) is 10.9 Å². The van der Waals surface area contributed by atoms with Gasteiger partial charge in [-0.2, -0.15) is 0 Å². The smallest absolute Gasteiger partial charge is 0.156 e. The Bertz CT molecular complexity index is 184. The van der Waals surface area contributed by atoms with E-state index in [1.807, 2.05) is 6.92 Å². The molecule has 0 rings (SSSR count). The zero-order valence-corrected chi connectivity index (χ0v) is 8.56. The van der Waals surface area contributed by atoms with Gasteiger partial charge in [0.2, 0.25) is 0 Å². The third-order valence-corrected chi connectivity index (χ3v) is 2.36. The highest BCUT2D eigenvalue weighted by molar-refractivity contribution is 5.84. The summed E-state index contributed by atoms with van der Waals surface area (Å²) in [5.41, 5.74) is 4.58. The SMILES string of the molecule is CCC(CO)(CO)NC(C)C(N)=NO. The minimum absolute atomic E-state index is 0.0183. The Morgan fingerprint density at radius 1 is 1.50 bits per heavy atom. The lowest BCUT2D eigenvalue weighted by Crippen LogP contribution is -2.57. The molecule has 1 atom stereocenters. The molecule has 0 aromatic carbocycles. The summed E-state index contributed by atoms with van der Waals surface area (Å²) in [7, 11) is 0. The van der Waals surface area contributed by atoms with Crippen LogP contribution in [0.2, 0.25) is 0 Å². The summed E-state index contributed by atoms with van der Waals surface area (Å²) in [5.74, 6) is 0.0183. The molecule has 6 heteroatoms. The highest BCUT2D eigenvalue weighted by atomic mass is 16.4. The predicted octanol–water partition coefficient (Wildman–Crippen LogP) is -1.16. The van der Waals surface area contributed by atoms with Crippen molar-refractivity contribution in [1.29, 1.82) is 0 Å². The topological polar surface area (TPSA) is 111 Å². The van der Waals surface area contributed by atoms with Crippen LogP contribution in [0, 0.1) is 0 Å². The van der Waals surface area contributed by atoms with Gasteiger partial charge in [0, 0.05) is 0 Å². The fraction of sp³-hybridized carbons (Fsp3) is 0.875. The van der Waals surface area contributed by atoms with Gasteiger partial charge in [0.1, 0.15) is 0 Å². The Morgan fingerprint density at radius 3 is 2.29 bits per heavy atom. The van der Waals surface area contributed by atoms with Gasteiger partial charge in [0.05, 0.1) is 24.8 Å². The molecule has 0 aliphatic heterocycles. The largest absolute Gasteiger partial charge is 0.409 e. The lowest BCUT2D eigenvalue weighted by Gasteiger charge is -2.32. The number of hydrogen-bond donors (Lipinski definition) is 5. The average molecular weight is 205 g/mol. The maximum Gasteiger partial charge on any atom is 0.156 e. The molecule has 0 amide bonds. The van der Waals surface area contributed by atoms with Gasteiger partial charge in [-0.1, -0.05) is 12.1 Å². The molecule has 0 fully saturated rings. The second kappa shape index (κ2) is 5.79. The van der Waals surface area contributed by atoms with Crippen LogP contribution in [0.4, 0.5) is 0 Å². The van der Waals surface area contributed by atoms with Crippen LogP contribution in [0.15, 0.2) is 5.16 Å². The van der Waals surface area contributed by atoms with Crippen LogP contribution in [0.25, 0.3) is 0 Å². The van der Waals surface area contributed by atoms with E-state index in [0.29, 0.717) is 6.42 Å². The summed E-state index contributed by atoms with van der Waals surface area (Å²) in [6, 6.07) is -0.403. The van der Waals surface area contributed by atoms with Gasteiger partial charge < -0.3 is 21.2 Å². The van der Waals surface area contributed by atoms with E-state index >= 15 is 0 Å². The Labute approximate surface area is 83.4 Å². The van der Waals surface area contributed by atoms with Crippen molar-refractivity contribution in [3.05, 3.63) is 0 Å². The van der Waals surface area contributed by atoms with Crippen LogP contribution in [0.3, 0.4) is 0 Å². The molecule has 0 aliphatic carbocycles. The maximum absolute atomic E-state index is 9.11. The lowest BCUT2D eigenvalue weighted by molar-refractivity contribution is 0.0847. The van der Waals surface area contributed by atoms with Gasteiger partial charge >= 0.3 is 0 Å².